The van der Waals surface area contributed by atoms with E-state index < -0.39 is 0 Å². The molecular formula is C12H16BrNO3. The zero-order chi connectivity index (χ0) is 12.3. The van der Waals surface area contributed by atoms with Crippen LogP contribution in [0.25, 0.3) is 0 Å². The van der Waals surface area contributed by atoms with Crippen molar-refractivity contribution in [3.05, 3.63) is 22.6 Å². The summed E-state index contributed by atoms with van der Waals surface area (Å²) in [5, 5.41) is 0. The lowest BCUT2D eigenvalue weighted by molar-refractivity contribution is -0.000729. The molecule has 0 aliphatic carbocycles. The topological polar surface area (TPSA) is 42.7 Å². The molecule has 2 rings (SSSR count). The number of likely N-dealkylation sites (N-methyl/N-ethyl adjacent to an activating group) is 1. The summed E-state index contributed by atoms with van der Waals surface area (Å²) in [6.45, 7) is 1.43. The minimum absolute atomic E-state index is 0.107. The first-order valence-electron chi connectivity index (χ1n) is 5.79. The van der Waals surface area contributed by atoms with Crippen LogP contribution in [0.3, 0.4) is 0 Å². The second kappa shape index (κ2) is 5.69. The summed E-state index contributed by atoms with van der Waals surface area (Å²) < 4.78 is 11.4. The lowest BCUT2D eigenvalue weighted by atomic mass is 10.1. The molecule has 0 bridgehead atoms. The molecule has 1 unspecified atom stereocenters. The highest BCUT2D eigenvalue weighted by molar-refractivity contribution is 9.10. The highest BCUT2D eigenvalue weighted by Gasteiger charge is 2.21. The molecule has 1 aliphatic rings. The van der Waals surface area contributed by atoms with E-state index in [-0.39, 0.29) is 12.0 Å². The van der Waals surface area contributed by atoms with Crippen LogP contribution in [0.4, 0.5) is 0 Å². The van der Waals surface area contributed by atoms with Crippen molar-refractivity contribution in [1.82, 2.24) is 4.90 Å². The van der Waals surface area contributed by atoms with E-state index in [1.54, 1.807) is 24.1 Å². The third-order valence-electron chi connectivity index (χ3n) is 2.88. The first kappa shape index (κ1) is 12.6. The molecule has 1 aliphatic heterocycles. The van der Waals surface area contributed by atoms with Gasteiger partial charge < -0.3 is 14.1 Å². The molecule has 4 nitrogen and oxygen atoms in total. The molecule has 5 heteroatoms. The molecule has 0 spiro atoms. The van der Waals surface area contributed by atoms with Crippen molar-refractivity contribution in [2.24, 2.45) is 0 Å². The van der Waals surface area contributed by atoms with Gasteiger partial charge in [0.25, 0.3) is 5.91 Å². The number of halogens is 1. The standard InChI is InChI=1S/C12H16BrNO3/c1-14(8-9-4-2-3-7-16-9)12(15)10-5-6-11(13)17-10/h5-6,9H,2-4,7-8H2,1H3. The molecule has 2 heterocycles. The largest absolute Gasteiger partial charge is 0.444 e. The summed E-state index contributed by atoms with van der Waals surface area (Å²) in [5.41, 5.74) is 0. The van der Waals surface area contributed by atoms with E-state index in [1.165, 1.54) is 6.42 Å². The Bertz CT molecular complexity index is 385. The van der Waals surface area contributed by atoms with Gasteiger partial charge in [-0.25, -0.2) is 0 Å². The lowest BCUT2D eigenvalue weighted by Gasteiger charge is -2.26. The number of carbonyl (C=O) groups excluding carboxylic acids is 1. The zero-order valence-electron chi connectivity index (χ0n) is 9.82. The predicted molar refractivity (Wildman–Crippen MR) is 67.0 cm³/mol. The molecule has 1 aromatic rings. The second-order valence-corrected chi connectivity index (χ2v) is 5.06. The van der Waals surface area contributed by atoms with Gasteiger partial charge in [0.05, 0.1) is 6.10 Å². The predicted octanol–water partition coefficient (Wildman–Crippen LogP) is 2.68. The molecular weight excluding hydrogens is 286 g/mol. The van der Waals surface area contributed by atoms with E-state index in [9.17, 15) is 4.79 Å². The quantitative estimate of drug-likeness (QED) is 0.862. The van der Waals surface area contributed by atoms with E-state index in [4.69, 9.17) is 9.15 Å². The number of furan rings is 1. The average molecular weight is 302 g/mol. The molecule has 94 valence electrons. The summed E-state index contributed by atoms with van der Waals surface area (Å²) in [5.74, 6) is 0.250. The zero-order valence-corrected chi connectivity index (χ0v) is 11.4. The van der Waals surface area contributed by atoms with Crippen LogP contribution in [-0.2, 0) is 4.74 Å². The summed E-state index contributed by atoms with van der Waals surface area (Å²) >= 11 is 3.19. The van der Waals surface area contributed by atoms with Crippen LogP contribution in [0, 0.1) is 0 Å². The van der Waals surface area contributed by atoms with Gasteiger partial charge >= 0.3 is 0 Å². The Hall–Kier alpha value is -0.810. The summed E-state index contributed by atoms with van der Waals surface area (Å²) in [6.07, 6.45) is 3.49. The van der Waals surface area contributed by atoms with Crippen molar-refractivity contribution in [3.63, 3.8) is 0 Å². The third-order valence-corrected chi connectivity index (χ3v) is 3.31. The van der Waals surface area contributed by atoms with Gasteiger partial charge in [-0.2, -0.15) is 0 Å². The number of ether oxygens (including phenoxy) is 1. The van der Waals surface area contributed by atoms with Gasteiger partial charge in [0, 0.05) is 20.2 Å². The Kier molecular flexibility index (Phi) is 4.23. The van der Waals surface area contributed by atoms with Crippen LogP contribution in [-0.4, -0.2) is 37.1 Å². The number of hydrogen-bond acceptors (Lipinski definition) is 3. The SMILES string of the molecule is CN(CC1CCCCO1)C(=O)c1ccc(Br)o1. The fourth-order valence-corrected chi connectivity index (χ4v) is 2.26. The van der Waals surface area contributed by atoms with Crippen molar-refractivity contribution in [1.29, 1.82) is 0 Å². The monoisotopic (exact) mass is 301 g/mol. The van der Waals surface area contributed by atoms with Crippen molar-refractivity contribution in [3.8, 4) is 0 Å². The van der Waals surface area contributed by atoms with E-state index in [0.29, 0.717) is 17.0 Å². The molecule has 1 amide bonds. The summed E-state index contributed by atoms with van der Waals surface area (Å²) in [7, 11) is 1.77. The fraction of sp³-hybridized carbons (Fsp3) is 0.583. The number of rotatable bonds is 3. The molecule has 17 heavy (non-hydrogen) atoms. The van der Waals surface area contributed by atoms with Gasteiger partial charge in [0.15, 0.2) is 10.4 Å². The molecule has 1 atom stereocenters. The Morgan fingerprint density at radius 1 is 1.53 bits per heavy atom. The third kappa shape index (κ3) is 3.33. The molecule has 0 radical (unpaired) electrons. The van der Waals surface area contributed by atoms with Gasteiger partial charge in [-0.05, 0) is 47.3 Å². The maximum absolute atomic E-state index is 12.0. The number of hydrogen-bond donors (Lipinski definition) is 0. The van der Waals surface area contributed by atoms with E-state index in [0.717, 1.165) is 19.4 Å². The minimum atomic E-state index is -0.107. The van der Waals surface area contributed by atoms with Crippen molar-refractivity contribution in [2.45, 2.75) is 25.4 Å². The van der Waals surface area contributed by atoms with E-state index >= 15 is 0 Å². The van der Waals surface area contributed by atoms with Crippen LogP contribution in [0.2, 0.25) is 0 Å². The normalized spacial score (nSPS) is 20.2. The Balaban J connectivity index is 1.90. The number of amides is 1. The Morgan fingerprint density at radius 2 is 2.35 bits per heavy atom. The molecule has 1 aromatic heterocycles. The van der Waals surface area contributed by atoms with E-state index in [2.05, 4.69) is 15.9 Å². The van der Waals surface area contributed by atoms with Crippen LogP contribution in [0.5, 0.6) is 0 Å². The van der Waals surface area contributed by atoms with Crippen LogP contribution in [0.15, 0.2) is 21.2 Å². The molecule has 1 saturated heterocycles. The first-order valence-corrected chi connectivity index (χ1v) is 6.58. The average Bonchev–Trinajstić information content (AvgIpc) is 2.76. The maximum Gasteiger partial charge on any atom is 0.289 e. The van der Waals surface area contributed by atoms with Gasteiger partial charge in [0.1, 0.15) is 0 Å². The lowest BCUT2D eigenvalue weighted by Crippen LogP contribution is -2.36. The first-order chi connectivity index (χ1) is 8.16. The van der Waals surface area contributed by atoms with Crippen molar-refractivity contribution in [2.75, 3.05) is 20.2 Å². The molecule has 0 N–H and O–H groups in total. The molecule has 1 fully saturated rings. The Labute approximate surface area is 109 Å². The minimum Gasteiger partial charge on any atom is -0.444 e. The van der Waals surface area contributed by atoms with Crippen LogP contribution in [0.1, 0.15) is 29.8 Å². The maximum atomic E-state index is 12.0. The highest BCUT2D eigenvalue weighted by Crippen LogP contribution is 2.17. The van der Waals surface area contributed by atoms with Crippen molar-refractivity contribution >= 4 is 21.8 Å². The second-order valence-electron chi connectivity index (χ2n) is 4.28. The Morgan fingerprint density at radius 3 is 2.94 bits per heavy atom. The molecule has 0 aromatic carbocycles. The summed E-state index contributed by atoms with van der Waals surface area (Å²) in [4.78, 5) is 13.6. The van der Waals surface area contributed by atoms with Gasteiger partial charge in [-0.15, -0.1) is 0 Å². The van der Waals surface area contributed by atoms with Crippen molar-refractivity contribution < 1.29 is 13.9 Å². The van der Waals surface area contributed by atoms with Gasteiger partial charge in [0.2, 0.25) is 0 Å². The number of nitrogens with zero attached hydrogens (tertiary/aromatic N) is 1. The van der Waals surface area contributed by atoms with E-state index in [1.807, 2.05) is 0 Å². The fourth-order valence-electron chi connectivity index (χ4n) is 1.96. The smallest absolute Gasteiger partial charge is 0.289 e. The molecule has 0 saturated carbocycles. The van der Waals surface area contributed by atoms with Crippen LogP contribution >= 0.6 is 15.9 Å². The summed E-state index contributed by atoms with van der Waals surface area (Å²) in [6, 6.07) is 3.39. The van der Waals surface area contributed by atoms with Gasteiger partial charge in [-0.1, -0.05) is 0 Å². The van der Waals surface area contributed by atoms with Crippen LogP contribution < -0.4 is 0 Å². The highest BCUT2D eigenvalue weighted by atomic mass is 79.9. The van der Waals surface area contributed by atoms with Gasteiger partial charge in [-0.3, -0.25) is 4.79 Å². The number of carbonyl (C=O) groups is 1.